The lowest BCUT2D eigenvalue weighted by molar-refractivity contribution is -0.111. The van der Waals surface area contributed by atoms with Crippen molar-refractivity contribution in [2.45, 2.75) is 24.4 Å². The van der Waals surface area contributed by atoms with Crippen LogP contribution in [0.4, 0.5) is 0 Å². The molecule has 3 nitrogen and oxygen atoms in total. The lowest BCUT2D eigenvalue weighted by Gasteiger charge is -2.17. The van der Waals surface area contributed by atoms with Gasteiger partial charge in [0.2, 0.25) is 0 Å². The van der Waals surface area contributed by atoms with E-state index >= 15 is 0 Å². The third-order valence-corrected chi connectivity index (χ3v) is 2.74. The molecule has 1 aromatic rings. The largest absolute Gasteiger partial charge is 0.302 e. The van der Waals surface area contributed by atoms with Crippen LogP contribution < -0.4 is 0 Å². The predicted octanol–water partition coefficient (Wildman–Crippen LogP) is 2.33. The van der Waals surface area contributed by atoms with E-state index in [4.69, 9.17) is 11.6 Å². The third kappa shape index (κ3) is 2.25. The van der Waals surface area contributed by atoms with Crippen LogP contribution in [0.25, 0.3) is 0 Å². The Balaban J connectivity index is 3.18. The lowest BCUT2D eigenvalue weighted by Crippen LogP contribution is -2.20. The summed E-state index contributed by atoms with van der Waals surface area (Å²) in [4.78, 5) is 19.0. The summed E-state index contributed by atoms with van der Waals surface area (Å²) in [5.74, 6) is 0. The van der Waals surface area contributed by atoms with Crippen LogP contribution in [0.5, 0.6) is 0 Å². The maximum atomic E-state index is 10.8. The van der Waals surface area contributed by atoms with Gasteiger partial charge in [-0.25, -0.2) is 9.97 Å². The monoisotopic (exact) mass is 230 g/mol. The average molecular weight is 231 g/mol. The molecule has 0 aliphatic heterocycles. The molecule has 0 radical (unpaired) electrons. The number of halogens is 1. The van der Waals surface area contributed by atoms with E-state index in [2.05, 4.69) is 9.97 Å². The van der Waals surface area contributed by atoms with E-state index in [1.165, 1.54) is 11.8 Å². The molecule has 0 saturated heterocycles. The summed E-state index contributed by atoms with van der Waals surface area (Å²) in [5, 5.41) is 0.960. The standard InChI is InChI=1S/C9H11ClN2OS/c1-9(2,5-13)6-4-11-8(14-3)12-7(6)10/h4-5H,1-3H3. The highest BCUT2D eigenvalue weighted by Crippen LogP contribution is 2.27. The molecule has 0 atom stereocenters. The Morgan fingerprint density at radius 3 is 2.64 bits per heavy atom. The minimum atomic E-state index is -0.631. The molecule has 0 aliphatic carbocycles. The summed E-state index contributed by atoms with van der Waals surface area (Å²) < 4.78 is 0. The second-order valence-corrected chi connectivity index (χ2v) is 4.53. The van der Waals surface area contributed by atoms with Crippen molar-refractivity contribution < 1.29 is 4.79 Å². The number of hydrogen-bond donors (Lipinski definition) is 0. The minimum absolute atomic E-state index is 0.349. The normalized spacial score (nSPS) is 11.4. The topological polar surface area (TPSA) is 42.9 Å². The molecule has 1 rings (SSSR count). The number of carbonyl (C=O) groups is 1. The van der Waals surface area contributed by atoms with Gasteiger partial charge in [0.15, 0.2) is 5.16 Å². The fourth-order valence-electron chi connectivity index (χ4n) is 0.940. The molecule has 0 amide bonds. The molecule has 0 unspecified atom stereocenters. The van der Waals surface area contributed by atoms with Gasteiger partial charge in [0, 0.05) is 17.2 Å². The molecule has 0 saturated carbocycles. The van der Waals surface area contributed by atoms with Gasteiger partial charge in [-0.1, -0.05) is 23.4 Å². The van der Waals surface area contributed by atoms with Crippen LogP contribution in [-0.2, 0) is 10.2 Å². The minimum Gasteiger partial charge on any atom is -0.302 e. The second-order valence-electron chi connectivity index (χ2n) is 3.40. The van der Waals surface area contributed by atoms with Gasteiger partial charge >= 0.3 is 0 Å². The van der Waals surface area contributed by atoms with E-state index in [0.717, 1.165) is 6.29 Å². The van der Waals surface area contributed by atoms with E-state index < -0.39 is 5.41 Å². The first-order chi connectivity index (χ1) is 6.51. The molecule has 5 heteroatoms. The summed E-state index contributed by atoms with van der Waals surface area (Å²) in [6.07, 6.45) is 4.32. The first-order valence-corrected chi connectivity index (χ1v) is 5.65. The number of aldehydes is 1. The maximum absolute atomic E-state index is 10.8. The lowest BCUT2D eigenvalue weighted by atomic mass is 9.88. The second kappa shape index (κ2) is 4.28. The smallest absolute Gasteiger partial charge is 0.188 e. The fourth-order valence-corrected chi connectivity index (χ4v) is 1.70. The maximum Gasteiger partial charge on any atom is 0.188 e. The SMILES string of the molecule is CSc1ncc(C(C)(C)C=O)c(Cl)n1. The van der Waals surface area contributed by atoms with Crippen LogP contribution >= 0.6 is 23.4 Å². The van der Waals surface area contributed by atoms with Gasteiger partial charge in [0.1, 0.15) is 11.4 Å². The molecule has 0 aromatic carbocycles. The highest BCUT2D eigenvalue weighted by Gasteiger charge is 2.24. The van der Waals surface area contributed by atoms with Gasteiger partial charge in [0.25, 0.3) is 0 Å². The fraction of sp³-hybridized carbons (Fsp3) is 0.444. The molecular weight excluding hydrogens is 220 g/mol. The van der Waals surface area contributed by atoms with Crippen molar-refractivity contribution in [1.82, 2.24) is 9.97 Å². The Morgan fingerprint density at radius 1 is 1.57 bits per heavy atom. The Kier molecular flexibility index (Phi) is 3.50. The van der Waals surface area contributed by atoms with Crippen LogP contribution in [-0.4, -0.2) is 22.5 Å². The average Bonchev–Trinajstić information content (AvgIpc) is 2.17. The van der Waals surface area contributed by atoms with E-state index in [0.29, 0.717) is 15.9 Å². The number of nitrogens with zero attached hydrogens (tertiary/aromatic N) is 2. The molecule has 0 aliphatic rings. The van der Waals surface area contributed by atoms with Crippen molar-refractivity contribution in [1.29, 1.82) is 0 Å². The Labute approximate surface area is 92.3 Å². The summed E-state index contributed by atoms with van der Waals surface area (Å²) in [5.41, 5.74) is 0.0283. The Hall–Kier alpha value is -0.610. The molecule has 0 fully saturated rings. The molecular formula is C9H11ClN2OS. The van der Waals surface area contributed by atoms with Crippen molar-refractivity contribution in [3.8, 4) is 0 Å². The van der Waals surface area contributed by atoms with E-state index in [-0.39, 0.29) is 0 Å². The molecule has 0 spiro atoms. The van der Waals surface area contributed by atoms with Crippen LogP contribution in [0.2, 0.25) is 5.15 Å². The quantitative estimate of drug-likeness (QED) is 0.346. The van der Waals surface area contributed by atoms with Crippen LogP contribution in [0.3, 0.4) is 0 Å². The summed E-state index contributed by atoms with van der Waals surface area (Å²) in [7, 11) is 0. The summed E-state index contributed by atoms with van der Waals surface area (Å²) >= 11 is 7.36. The zero-order chi connectivity index (χ0) is 10.8. The summed E-state index contributed by atoms with van der Waals surface area (Å²) in [6.45, 7) is 3.56. The zero-order valence-electron chi connectivity index (χ0n) is 8.24. The number of carbonyl (C=O) groups excluding carboxylic acids is 1. The van der Waals surface area contributed by atoms with Crippen LogP contribution in [0.1, 0.15) is 19.4 Å². The van der Waals surface area contributed by atoms with Gasteiger partial charge in [-0.05, 0) is 20.1 Å². The van der Waals surface area contributed by atoms with Crippen molar-refractivity contribution >= 4 is 29.6 Å². The van der Waals surface area contributed by atoms with Gasteiger partial charge in [-0.15, -0.1) is 0 Å². The Bertz CT molecular complexity index is 355. The first kappa shape index (κ1) is 11.5. The van der Waals surface area contributed by atoms with E-state index in [1.54, 1.807) is 20.0 Å². The molecule has 0 N–H and O–H groups in total. The van der Waals surface area contributed by atoms with Crippen LogP contribution in [0.15, 0.2) is 11.4 Å². The molecule has 1 heterocycles. The number of aromatic nitrogens is 2. The summed E-state index contributed by atoms with van der Waals surface area (Å²) in [6, 6.07) is 0. The van der Waals surface area contributed by atoms with Crippen molar-refractivity contribution in [2.24, 2.45) is 0 Å². The van der Waals surface area contributed by atoms with Gasteiger partial charge < -0.3 is 4.79 Å². The Morgan fingerprint density at radius 2 is 2.21 bits per heavy atom. The molecule has 76 valence electrons. The van der Waals surface area contributed by atoms with Crippen molar-refractivity contribution in [3.05, 3.63) is 16.9 Å². The number of hydrogen-bond acceptors (Lipinski definition) is 4. The van der Waals surface area contributed by atoms with Gasteiger partial charge in [0.05, 0.1) is 0 Å². The van der Waals surface area contributed by atoms with Crippen molar-refractivity contribution in [3.63, 3.8) is 0 Å². The molecule has 1 aromatic heterocycles. The highest BCUT2D eigenvalue weighted by molar-refractivity contribution is 7.98. The zero-order valence-corrected chi connectivity index (χ0v) is 9.82. The highest BCUT2D eigenvalue weighted by atomic mass is 35.5. The molecule has 0 bridgehead atoms. The van der Waals surface area contributed by atoms with E-state index in [9.17, 15) is 4.79 Å². The number of rotatable bonds is 3. The number of thioether (sulfide) groups is 1. The van der Waals surface area contributed by atoms with Gasteiger partial charge in [-0.3, -0.25) is 0 Å². The molecule has 14 heavy (non-hydrogen) atoms. The predicted molar refractivity (Wildman–Crippen MR) is 57.9 cm³/mol. The van der Waals surface area contributed by atoms with Crippen molar-refractivity contribution in [2.75, 3.05) is 6.26 Å². The first-order valence-electron chi connectivity index (χ1n) is 4.04. The third-order valence-electron chi connectivity index (χ3n) is 1.89. The van der Waals surface area contributed by atoms with E-state index in [1.807, 2.05) is 6.26 Å². The van der Waals surface area contributed by atoms with Gasteiger partial charge in [-0.2, -0.15) is 0 Å². The van der Waals surface area contributed by atoms with Crippen LogP contribution in [0, 0.1) is 0 Å².